The quantitative estimate of drug-likeness (QED) is 0.487. The third-order valence-corrected chi connectivity index (χ3v) is 2.67. The van der Waals surface area contributed by atoms with Gasteiger partial charge in [0.15, 0.2) is 17.7 Å². The van der Waals surface area contributed by atoms with Crippen LogP contribution in [0.4, 0.5) is 0 Å². The van der Waals surface area contributed by atoms with Gasteiger partial charge in [0, 0.05) is 26.0 Å². The molecular weight excluding hydrogens is 165 g/mol. The molecule has 66 valence electrons. The average Bonchev–Trinajstić information content (AvgIpc) is 1.96. The van der Waals surface area contributed by atoms with E-state index in [0.29, 0.717) is 0 Å². The molecule has 0 aliphatic heterocycles. The largest absolute Gasteiger partial charge is 0.197 e. The van der Waals surface area contributed by atoms with Crippen LogP contribution in [0.1, 0.15) is 17.0 Å². The lowest BCUT2D eigenvalue weighted by molar-refractivity contribution is -0.689. The minimum atomic E-state index is 0.988. The zero-order chi connectivity index (χ0) is 9.14. The van der Waals surface area contributed by atoms with Crippen LogP contribution in [-0.2, 0) is 6.29 Å². The fourth-order valence-corrected chi connectivity index (χ4v) is 2.36. The lowest BCUT2D eigenvalue weighted by atomic mass is 10.2. The number of pyridine rings is 1. The second-order valence-electron chi connectivity index (χ2n) is 3.26. The van der Waals surface area contributed by atoms with Crippen molar-refractivity contribution in [2.75, 3.05) is 6.66 Å². The first-order valence-corrected chi connectivity index (χ1v) is 5.98. The number of rotatable bonds is 2. The van der Waals surface area contributed by atoms with Gasteiger partial charge in [0.05, 0.1) is 0 Å². The summed E-state index contributed by atoms with van der Waals surface area (Å²) in [5.74, 6) is 0. The molecule has 0 aliphatic rings. The molecule has 0 amide bonds. The molecule has 0 bridgehead atoms. The summed E-state index contributed by atoms with van der Waals surface area (Å²) in [6, 6.07) is 4.49. The summed E-state index contributed by atoms with van der Waals surface area (Å²) in [6.45, 7) is 8.75. The molecule has 0 aromatic carbocycles. The van der Waals surface area contributed by atoms with E-state index in [2.05, 4.69) is 44.1 Å². The number of aromatic nitrogens is 1. The van der Waals surface area contributed by atoms with Crippen molar-refractivity contribution in [1.82, 2.24) is 0 Å². The maximum Gasteiger partial charge on any atom is 0.179 e. The van der Waals surface area contributed by atoms with E-state index in [1.165, 1.54) is 17.0 Å². The van der Waals surface area contributed by atoms with Gasteiger partial charge in [0.1, 0.15) is 0 Å². The van der Waals surface area contributed by atoms with Crippen LogP contribution < -0.4 is 4.57 Å². The predicted octanol–water partition coefficient (Wildman–Crippen LogP) is 2.17. The lowest BCUT2D eigenvalue weighted by Gasteiger charge is -2.03. The predicted molar refractivity (Wildman–Crippen MR) is 55.1 cm³/mol. The molecule has 1 aromatic heterocycles. The first-order valence-electron chi connectivity index (χ1n) is 4.27. The summed E-state index contributed by atoms with van der Waals surface area (Å²) in [6.07, 6.45) is 1.16. The van der Waals surface area contributed by atoms with Gasteiger partial charge in [-0.25, -0.2) is 0 Å². The fourth-order valence-electron chi connectivity index (χ4n) is 1.54. The van der Waals surface area contributed by atoms with Crippen molar-refractivity contribution in [3.05, 3.63) is 29.1 Å². The first kappa shape index (κ1) is 9.67. The number of aryl methyl sites for hydroxylation is 3. The van der Waals surface area contributed by atoms with Crippen LogP contribution in [0.3, 0.4) is 0 Å². The van der Waals surface area contributed by atoms with Gasteiger partial charge in [-0.2, -0.15) is 4.57 Å². The molecule has 0 radical (unpaired) electrons. The van der Waals surface area contributed by atoms with E-state index >= 15 is 0 Å². The molecule has 0 saturated heterocycles. The Hall–Kier alpha value is -0.420. The summed E-state index contributed by atoms with van der Waals surface area (Å²) in [5.41, 5.74) is 4.12. The smallest absolute Gasteiger partial charge is 0.179 e. The molecule has 0 spiro atoms. The Bertz CT molecular complexity index is 258. The Morgan fingerprint density at radius 2 is 1.67 bits per heavy atom. The van der Waals surface area contributed by atoms with Crippen LogP contribution >= 0.6 is 8.58 Å². The number of hydrogen-bond donors (Lipinski definition) is 0. The number of nitrogens with zero attached hydrogens (tertiary/aromatic N) is 1. The molecular formula is C10H17NP+. The number of hydrogen-bond acceptors (Lipinski definition) is 0. The Morgan fingerprint density at radius 3 is 2.08 bits per heavy atom. The minimum absolute atomic E-state index is 0.988. The van der Waals surface area contributed by atoms with E-state index in [4.69, 9.17) is 0 Å². The summed E-state index contributed by atoms with van der Waals surface area (Å²) >= 11 is 0. The van der Waals surface area contributed by atoms with Crippen molar-refractivity contribution in [3.8, 4) is 0 Å². The van der Waals surface area contributed by atoms with Crippen molar-refractivity contribution in [1.29, 1.82) is 0 Å². The van der Waals surface area contributed by atoms with Gasteiger partial charge in [-0.3, -0.25) is 0 Å². The van der Waals surface area contributed by atoms with Crippen LogP contribution in [-0.4, -0.2) is 6.66 Å². The van der Waals surface area contributed by atoms with Crippen molar-refractivity contribution in [2.45, 2.75) is 27.1 Å². The van der Waals surface area contributed by atoms with E-state index in [9.17, 15) is 0 Å². The molecule has 12 heavy (non-hydrogen) atoms. The van der Waals surface area contributed by atoms with Crippen LogP contribution in [0.5, 0.6) is 0 Å². The van der Waals surface area contributed by atoms with Gasteiger partial charge in [0.2, 0.25) is 0 Å². The highest BCUT2D eigenvalue weighted by Crippen LogP contribution is 2.06. The van der Waals surface area contributed by atoms with Gasteiger partial charge in [-0.15, -0.1) is 0 Å². The average molecular weight is 182 g/mol. The molecule has 0 fully saturated rings. The Labute approximate surface area is 76.6 Å². The van der Waals surface area contributed by atoms with Gasteiger partial charge >= 0.3 is 0 Å². The first-order chi connectivity index (χ1) is 5.65. The summed E-state index contributed by atoms with van der Waals surface area (Å²) < 4.78 is 2.38. The summed E-state index contributed by atoms with van der Waals surface area (Å²) in [4.78, 5) is 0. The molecule has 0 aliphatic carbocycles. The van der Waals surface area contributed by atoms with E-state index in [1.807, 2.05) is 0 Å². The molecule has 0 N–H and O–H groups in total. The molecule has 1 aromatic rings. The Kier molecular flexibility index (Phi) is 3.22. The van der Waals surface area contributed by atoms with E-state index in [-0.39, 0.29) is 0 Å². The van der Waals surface area contributed by atoms with Gasteiger partial charge < -0.3 is 0 Å². The maximum absolute atomic E-state index is 2.38. The molecule has 1 unspecified atom stereocenters. The molecule has 1 nitrogen and oxygen atoms in total. The molecule has 0 saturated carbocycles. The van der Waals surface area contributed by atoms with Crippen LogP contribution in [0, 0.1) is 20.8 Å². The van der Waals surface area contributed by atoms with Crippen LogP contribution in [0.25, 0.3) is 0 Å². The van der Waals surface area contributed by atoms with E-state index in [1.54, 1.807) is 0 Å². The van der Waals surface area contributed by atoms with E-state index in [0.717, 1.165) is 14.9 Å². The normalized spacial score (nSPS) is 11.3. The summed E-state index contributed by atoms with van der Waals surface area (Å²) in [5, 5.41) is 0. The van der Waals surface area contributed by atoms with Crippen LogP contribution in [0.2, 0.25) is 0 Å². The van der Waals surface area contributed by atoms with Crippen molar-refractivity contribution >= 4 is 8.58 Å². The highest BCUT2D eigenvalue weighted by Gasteiger charge is 2.08. The minimum Gasteiger partial charge on any atom is -0.197 e. The maximum atomic E-state index is 2.38. The van der Waals surface area contributed by atoms with Crippen molar-refractivity contribution in [3.63, 3.8) is 0 Å². The topological polar surface area (TPSA) is 3.88 Å². The molecule has 2 heteroatoms. The lowest BCUT2D eigenvalue weighted by Crippen LogP contribution is -2.38. The zero-order valence-electron chi connectivity index (χ0n) is 8.31. The highest BCUT2D eigenvalue weighted by molar-refractivity contribution is 7.35. The SMILES string of the molecule is CPC[n+]1c(C)cc(C)cc1C. The van der Waals surface area contributed by atoms with Crippen molar-refractivity contribution in [2.24, 2.45) is 0 Å². The standard InChI is InChI=1S/C10H17NP/c1-8-5-9(2)11(7-12-4)10(3)6-8/h5-6,12H,7H2,1-4H3/q+1. The van der Waals surface area contributed by atoms with Gasteiger partial charge in [-0.1, -0.05) is 8.58 Å². The van der Waals surface area contributed by atoms with Crippen LogP contribution in [0.15, 0.2) is 12.1 Å². The third-order valence-electron chi connectivity index (χ3n) is 2.04. The summed E-state index contributed by atoms with van der Waals surface area (Å²) in [7, 11) is 0.988. The van der Waals surface area contributed by atoms with Gasteiger partial charge in [-0.05, 0) is 19.2 Å². The monoisotopic (exact) mass is 182 g/mol. The Morgan fingerprint density at radius 1 is 1.17 bits per heavy atom. The Balaban J connectivity index is 3.10. The van der Waals surface area contributed by atoms with Gasteiger partial charge in [0.25, 0.3) is 0 Å². The molecule has 1 rings (SSSR count). The second kappa shape index (κ2) is 4.00. The second-order valence-corrected chi connectivity index (χ2v) is 4.28. The zero-order valence-corrected chi connectivity index (χ0v) is 9.31. The van der Waals surface area contributed by atoms with E-state index < -0.39 is 0 Å². The molecule has 1 heterocycles. The molecule has 1 atom stereocenters. The third kappa shape index (κ3) is 2.04. The van der Waals surface area contributed by atoms with Crippen molar-refractivity contribution < 1.29 is 4.57 Å². The fraction of sp³-hybridized carbons (Fsp3) is 0.500. The highest BCUT2D eigenvalue weighted by atomic mass is 31.1.